The molecule has 2 heterocycles. The molecular weight excluding hydrogens is 286 g/mol. The number of nitrogens with zero attached hydrogens (tertiary/aromatic N) is 2. The minimum atomic E-state index is -2.82. The van der Waals surface area contributed by atoms with Crippen LogP contribution in [0.4, 0.5) is 14.5 Å². The second-order valence-corrected chi connectivity index (χ2v) is 3.83. The Kier molecular flexibility index (Phi) is 2.82. The molecule has 1 aromatic rings. The first-order valence-corrected chi connectivity index (χ1v) is 4.96. The first-order chi connectivity index (χ1) is 7.58. The van der Waals surface area contributed by atoms with Gasteiger partial charge in [-0.25, -0.2) is 13.8 Å². The molecule has 1 aliphatic rings. The number of fused-ring (bicyclic) bond motifs is 1. The van der Waals surface area contributed by atoms with Crippen molar-refractivity contribution >= 4 is 33.9 Å². The zero-order valence-corrected chi connectivity index (χ0v) is 9.25. The summed E-state index contributed by atoms with van der Waals surface area (Å²) < 4.78 is 25.3. The highest BCUT2D eigenvalue weighted by Gasteiger charge is 2.16. The van der Waals surface area contributed by atoms with Gasteiger partial charge in [-0.05, 0) is 22.0 Å². The lowest BCUT2D eigenvalue weighted by molar-refractivity contribution is 0.140. The fourth-order valence-corrected chi connectivity index (χ4v) is 1.47. The highest BCUT2D eigenvalue weighted by Crippen LogP contribution is 2.20. The van der Waals surface area contributed by atoms with Gasteiger partial charge in [0.2, 0.25) is 0 Å². The first-order valence-electron chi connectivity index (χ1n) is 4.16. The molecule has 84 valence electrons. The molecule has 1 aromatic heterocycles. The summed E-state index contributed by atoms with van der Waals surface area (Å²) in [5, 5.41) is 3.69. The van der Waals surface area contributed by atoms with Crippen LogP contribution in [0.3, 0.4) is 0 Å². The van der Waals surface area contributed by atoms with Crippen LogP contribution in [0.5, 0.6) is 0 Å². The summed E-state index contributed by atoms with van der Waals surface area (Å²) in [6.07, 6.45) is -0.00214. The number of hydrogen-bond donors (Lipinski definition) is 2. The number of aromatic amines is 1. The Morgan fingerprint density at radius 2 is 2.19 bits per heavy atom. The molecule has 5 nitrogen and oxygen atoms in total. The molecule has 0 saturated carbocycles. The van der Waals surface area contributed by atoms with Gasteiger partial charge in [-0.15, -0.1) is 0 Å². The molecule has 0 aliphatic carbocycles. The van der Waals surface area contributed by atoms with Crippen molar-refractivity contribution in [3.05, 3.63) is 26.4 Å². The molecule has 0 amide bonds. The minimum absolute atomic E-state index is 0.0371. The lowest BCUT2D eigenvalue weighted by atomic mass is 10.3. The molecule has 0 spiro atoms. The van der Waals surface area contributed by atoms with Crippen LogP contribution >= 0.6 is 15.9 Å². The predicted molar refractivity (Wildman–Crippen MR) is 58.8 cm³/mol. The van der Waals surface area contributed by atoms with Crippen LogP contribution < -0.4 is 11.0 Å². The fraction of sp³-hybridized carbons (Fsp3) is 0.125. The molecule has 0 radical (unpaired) electrons. The minimum Gasteiger partial charge on any atom is -0.304 e. The quantitative estimate of drug-likeness (QED) is 0.829. The van der Waals surface area contributed by atoms with E-state index in [-0.39, 0.29) is 11.4 Å². The van der Waals surface area contributed by atoms with Crippen molar-refractivity contribution in [1.82, 2.24) is 9.97 Å². The monoisotopic (exact) mass is 290 g/mol. The molecule has 0 aromatic carbocycles. The second-order valence-electron chi connectivity index (χ2n) is 2.91. The topological polar surface area (TPSA) is 70.1 Å². The summed E-state index contributed by atoms with van der Waals surface area (Å²) in [7, 11) is 0. The van der Waals surface area contributed by atoms with Gasteiger partial charge in [-0.2, -0.15) is 5.10 Å². The van der Waals surface area contributed by atoms with Gasteiger partial charge in [0.25, 0.3) is 12.0 Å². The summed E-state index contributed by atoms with van der Waals surface area (Å²) in [6.45, 7) is 0. The number of allylic oxidation sites excluding steroid dienone is 1. The number of anilines is 1. The third-order valence-corrected chi connectivity index (χ3v) is 2.24. The maximum Gasteiger partial charge on any atom is 0.295 e. The molecule has 2 N–H and O–H groups in total. The zero-order chi connectivity index (χ0) is 11.7. The molecule has 0 saturated heterocycles. The van der Waals surface area contributed by atoms with Gasteiger partial charge >= 0.3 is 0 Å². The highest BCUT2D eigenvalue weighted by molar-refractivity contribution is 9.12. The van der Waals surface area contributed by atoms with E-state index in [2.05, 4.69) is 31.4 Å². The predicted octanol–water partition coefficient (Wildman–Crippen LogP) is 1.85. The van der Waals surface area contributed by atoms with Gasteiger partial charge in [0.1, 0.15) is 5.69 Å². The first kappa shape index (κ1) is 10.9. The van der Waals surface area contributed by atoms with E-state index in [9.17, 15) is 13.6 Å². The Morgan fingerprint density at radius 3 is 2.88 bits per heavy atom. The van der Waals surface area contributed by atoms with Crippen LogP contribution in [0, 0.1) is 0 Å². The summed E-state index contributed by atoms with van der Waals surface area (Å²) in [4.78, 5) is 17.0. The molecule has 2 rings (SSSR count). The van der Waals surface area contributed by atoms with E-state index in [1.807, 2.05) is 4.98 Å². The largest absolute Gasteiger partial charge is 0.304 e. The van der Waals surface area contributed by atoms with Crippen molar-refractivity contribution in [2.75, 3.05) is 5.43 Å². The Morgan fingerprint density at radius 1 is 1.44 bits per heavy atom. The van der Waals surface area contributed by atoms with Gasteiger partial charge in [-0.3, -0.25) is 10.2 Å². The van der Waals surface area contributed by atoms with Crippen LogP contribution in [-0.4, -0.2) is 16.2 Å². The number of alkyl halides is 2. The van der Waals surface area contributed by atoms with Crippen LogP contribution in [0.15, 0.2) is 14.4 Å². The van der Waals surface area contributed by atoms with Gasteiger partial charge < -0.3 is 4.98 Å². The number of hydrazone groups is 1. The number of aromatic nitrogens is 2. The fourth-order valence-electron chi connectivity index (χ4n) is 1.15. The van der Waals surface area contributed by atoms with Crippen molar-refractivity contribution in [1.29, 1.82) is 0 Å². The molecule has 0 atom stereocenters. The van der Waals surface area contributed by atoms with Gasteiger partial charge in [0, 0.05) is 4.48 Å². The van der Waals surface area contributed by atoms with E-state index in [1.165, 1.54) is 12.3 Å². The summed E-state index contributed by atoms with van der Waals surface area (Å²) in [5.41, 5.74) is 1.89. The van der Waals surface area contributed by atoms with E-state index >= 15 is 0 Å². The number of rotatable bonds is 1. The smallest absolute Gasteiger partial charge is 0.295 e. The maximum atomic E-state index is 12.4. The van der Waals surface area contributed by atoms with E-state index in [0.29, 0.717) is 4.48 Å². The van der Waals surface area contributed by atoms with E-state index < -0.39 is 17.8 Å². The van der Waals surface area contributed by atoms with Gasteiger partial charge in [0.15, 0.2) is 5.82 Å². The van der Waals surface area contributed by atoms with E-state index in [0.717, 1.165) is 0 Å². The Labute approximate surface area is 96.4 Å². The van der Waals surface area contributed by atoms with Crippen LogP contribution in [-0.2, 0) is 0 Å². The number of halogens is 3. The number of hydrogen-bond acceptors (Lipinski definition) is 4. The van der Waals surface area contributed by atoms with Crippen molar-refractivity contribution < 1.29 is 8.78 Å². The van der Waals surface area contributed by atoms with Crippen LogP contribution in [0.2, 0.25) is 0 Å². The Hall–Kier alpha value is -1.57. The Bertz CT molecular complexity index is 537. The van der Waals surface area contributed by atoms with Crippen molar-refractivity contribution in [3.8, 4) is 0 Å². The third-order valence-electron chi connectivity index (χ3n) is 1.81. The summed E-state index contributed by atoms with van der Waals surface area (Å²) >= 11 is 3.13. The molecular formula is C8H5BrF2N4O. The Balaban J connectivity index is 2.64. The summed E-state index contributed by atoms with van der Waals surface area (Å²) in [5.74, 6) is -0.663. The molecule has 0 fully saturated rings. The maximum absolute atomic E-state index is 12.4. The third kappa shape index (κ3) is 2.01. The van der Waals surface area contributed by atoms with Crippen molar-refractivity contribution in [2.45, 2.75) is 6.43 Å². The van der Waals surface area contributed by atoms with E-state index in [1.54, 1.807) is 0 Å². The molecule has 8 heteroatoms. The highest BCUT2D eigenvalue weighted by atomic mass is 79.9. The molecule has 0 bridgehead atoms. The van der Waals surface area contributed by atoms with Crippen molar-refractivity contribution in [2.24, 2.45) is 5.10 Å². The molecule has 16 heavy (non-hydrogen) atoms. The number of H-pyrrole nitrogens is 1. The van der Waals surface area contributed by atoms with Crippen LogP contribution in [0.1, 0.15) is 17.9 Å². The second kappa shape index (κ2) is 4.12. The average Bonchev–Trinajstić information content (AvgIpc) is 2.38. The average molecular weight is 291 g/mol. The molecule has 0 unspecified atom stereocenters. The zero-order valence-electron chi connectivity index (χ0n) is 7.67. The van der Waals surface area contributed by atoms with Crippen LogP contribution in [0.25, 0.3) is 6.08 Å². The lowest BCUT2D eigenvalue weighted by Crippen LogP contribution is -2.17. The summed E-state index contributed by atoms with van der Waals surface area (Å²) in [6, 6.07) is 0. The standard InChI is InChI=1S/C8H5BrF2N4O/c9-3-1-4-5(15-12-2-3)8(16)14-7(13-4)6(10)11/h1-2,6,15H,(H,13,14,16). The normalized spacial score (nSPS) is 14.1. The van der Waals surface area contributed by atoms with E-state index in [4.69, 9.17) is 0 Å². The van der Waals surface area contributed by atoms with Crippen molar-refractivity contribution in [3.63, 3.8) is 0 Å². The SMILES string of the molecule is O=c1[nH]c(C(F)F)nc2c1NN=CC(Br)=C2. The van der Waals surface area contributed by atoms with Gasteiger partial charge in [0.05, 0.1) is 11.9 Å². The van der Waals surface area contributed by atoms with Gasteiger partial charge in [-0.1, -0.05) is 0 Å². The number of nitrogens with one attached hydrogen (secondary N) is 2. The lowest BCUT2D eigenvalue weighted by Gasteiger charge is -2.04. The molecule has 1 aliphatic heterocycles.